The van der Waals surface area contributed by atoms with Gasteiger partial charge in [-0.2, -0.15) is 13.2 Å². The summed E-state index contributed by atoms with van der Waals surface area (Å²) in [7, 11) is 0. The molecule has 1 aliphatic carbocycles. The molecule has 1 aliphatic heterocycles. The zero-order chi connectivity index (χ0) is 28.6. The van der Waals surface area contributed by atoms with Crippen LogP contribution >= 0.6 is 0 Å². The number of benzodiazepines with no additional fused rings is 1. The van der Waals surface area contributed by atoms with Crippen LogP contribution in [0.2, 0.25) is 0 Å². The van der Waals surface area contributed by atoms with Crippen molar-refractivity contribution < 1.29 is 27.5 Å². The number of amides is 1. The SMILES string of the molecule is O=C1Nc2ccccc2C(c2ccccc2)=N[C@@H]1Nc1nnc(-c2ncc(C(F)(F)F)cc2N[C@@H]2CCC[C@@H]2O)o1. The molecule has 1 fully saturated rings. The highest BCUT2D eigenvalue weighted by Crippen LogP contribution is 2.36. The second kappa shape index (κ2) is 10.7. The Balaban J connectivity index is 1.32. The molecule has 0 spiro atoms. The first kappa shape index (κ1) is 26.4. The lowest BCUT2D eigenvalue weighted by atomic mass is 10.0. The van der Waals surface area contributed by atoms with Gasteiger partial charge < -0.3 is 25.5 Å². The van der Waals surface area contributed by atoms with Crippen LogP contribution in [0.25, 0.3) is 11.6 Å². The predicted molar refractivity (Wildman–Crippen MR) is 144 cm³/mol. The number of nitrogens with one attached hydrogen (secondary N) is 3. The fourth-order valence-electron chi connectivity index (χ4n) is 4.88. The fraction of sp³-hybridized carbons (Fsp3) is 0.250. The first-order chi connectivity index (χ1) is 19.8. The summed E-state index contributed by atoms with van der Waals surface area (Å²) in [5.74, 6) is -0.658. The first-order valence-corrected chi connectivity index (χ1v) is 12.9. The zero-order valence-electron chi connectivity index (χ0n) is 21.4. The number of benzene rings is 2. The number of nitrogens with zero attached hydrogens (tertiary/aromatic N) is 4. The summed E-state index contributed by atoms with van der Waals surface area (Å²) in [5, 5.41) is 26.8. The summed E-state index contributed by atoms with van der Waals surface area (Å²) < 4.78 is 46.1. The number of carbonyl (C=O) groups is 1. The average Bonchev–Trinajstić information content (AvgIpc) is 3.56. The first-order valence-electron chi connectivity index (χ1n) is 12.9. The minimum Gasteiger partial charge on any atom is -0.402 e. The van der Waals surface area contributed by atoms with Crippen molar-refractivity contribution in [3.05, 3.63) is 83.6 Å². The minimum atomic E-state index is -4.63. The molecule has 41 heavy (non-hydrogen) atoms. The number of aliphatic hydroxyl groups is 1. The Bertz CT molecular complexity index is 1610. The summed E-state index contributed by atoms with van der Waals surface area (Å²) in [6.45, 7) is 0. The van der Waals surface area contributed by atoms with E-state index in [0.29, 0.717) is 30.4 Å². The predicted octanol–water partition coefficient (Wildman–Crippen LogP) is 4.70. The fourth-order valence-corrected chi connectivity index (χ4v) is 4.88. The highest BCUT2D eigenvalue weighted by Gasteiger charge is 2.34. The second-order valence-electron chi connectivity index (χ2n) is 9.70. The second-order valence-corrected chi connectivity index (χ2v) is 9.70. The number of aliphatic imine (C=N–C) groups is 1. The van der Waals surface area contributed by atoms with Crippen LogP contribution in [-0.2, 0) is 11.0 Å². The maximum absolute atomic E-state index is 13.5. The van der Waals surface area contributed by atoms with E-state index < -0.39 is 36.0 Å². The van der Waals surface area contributed by atoms with Crippen LogP contribution in [-0.4, -0.2) is 50.2 Å². The van der Waals surface area contributed by atoms with Crippen molar-refractivity contribution in [3.63, 3.8) is 0 Å². The molecule has 13 heteroatoms. The molecule has 2 aliphatic rings. The summed E-state index contributed by atoms with van der Waals surface area (Å²) in [6.07, 6.45) is -3.99. The van der Waals surface area contributed by atoms with E-state index in [2.05, 4.69) is 36.1 Å². The van der Waals surface area contributed by atoms with Gasteiger partial charge in [-0.25, -0.2) is 9.98 Å². The summed E-state index contributed by atoms with van der Waals surface area (Å²) in [5.41, 5.74) is 1.65. The van der Waals surface area contributed by atoms with Crippen molar-refractivity contribution in [2.24, 2.45) is 4.99 Å². The highest BCUT2D eigenvalue weighted by molar-refractivity contribution is 6.19. The molecule has 10 nitrogen and oxygen atoms in total. The Hall–Kier alpha value is -4.78. The number of anilines is 3. The molecule has 4 N–H and O–H groups in total. The molecule has 2 aromatic heterocycles. The molecule has 6 rings (SSSR count). The van der Waals surface area contributed by atoms with Crippen molar-refractivity contribution in [3.8, 4) is 11.6 Å². The lowest BCUT2D eigenvalue weighted by Gasteiger charge is -2.20. The van der Waals surface area contributed by atoms with Gasteiger partial charge in [0.2, 0.25) is 6.17 Å². The van der Waals surface area contributed by atoms with Crippen molar-refractivity contribution in [2.75, 3.05) is 16.0 Å². The van der Waals surface area contributed by atoms with Crippen LogP contribution in [0, 0.1) is 0 Å². The highest BCUT2D eigenvalue weighted by atomic mass is 19.4. The van der Waals surface area contributed by atoms with E-state index in [-0.39, 0.29) is 23.3 Å². The molecule has 3 heterocycles. The van der Waals surface area contributed by atoms with E-state index in [1.807, 2.05) is 42.5 Å². The van der Waals surface area contributed by atoms with E-state index >= 15 is 0 Å². The smallest absolute Gasteiger partial charge is 0.402 e. The number of rotatable bonds is 6. The quantitative estimate of drug-likeness (QED) is 0.265. The Morgan fingerprint density at radius 1 is 1.00 bits per heavy atom. The molecule has 3 atom stereocenters. The summed E-state index contributed by atoms with van der Waals surface area (Å²) in [6, 6.07) is 16.9. The molecule has 4 aromatic rings. The number of halogens is 3. The number of aliphatic hydroxyl groups excluding tert-OH is 1. The molecule has 210 valence electrons. The van der Waals surface area contributed by atoms with Crippen molar-refractivity contribution in [1.82, 2.24) is 15.2 Å². The van der Waals surface area contributed by atoms with Gasteiger partial charge in [0.25, 0.3) is 11.8 Å². The number of alkyl halides is 3. The van der Waals surface area contributed by atoms with E-state index in [1.165, 1.54) is 0 Å². The van der Waals surface area contributed by atoms with Gasteiger partial charge in [0.1, 0.15) is 0 Å². The van der Waals surface area contributed by atoms with Crippen LogP contribution < -0.4 is 16.0 Å². The Morgan fingerprint density at radius 3 is 2.54 bits per heavy atom. The maximum Gasteiger partial charge on any atom is 0.417 e. The topological polar surface area (TPSA) is 138 Å². The van der Waals surface area contributed by atoms with Crippen LogP contribution in [0.5, 0.6) is 0 Å². The van der Waals surface area contributed by atoms with E-state index in [4.69, 9.17) is 4.42 Å². The van der Waals surface area contributed by atoms with Crippen molar-refractivity contribution in [2.45, 2.75) is 43.8 Å². The number of hydrogen-bond acceptors (Lipinski definition) is 9. The zero-order valence-corrected chi connectivity index (χ0v) is 21.4. The van der Waals surface area contributed by atoms with Crippen LogP contribution in [0.15, 0.2) is 76.3 Å². The molecular weight excluding hydrogens is 539 g/mol. The molecule has 2 aromatic carbocycles. The standard InChI is InChI=1S/C28H24F3N7O3/c29-28(30,31)16-13-20(33-19-11-6-12-21(19)39)23(32-14-16)26-37-38-27(41-26)36-24-25(40)34-18-10-5-4-9-17(18)22(35-24)15-7-2-1-3-8-15/h1-5,7-10,13-14,19,21,24,33,39H,6,11-12H2,(H,34,40)(H,36,38)/t19-,21+,24-/m1/s1. The third-order valence-electron chi connectivity index (χ3n) is 6.92. The summed E-state index contributed by atoms with van der Waals surface area (Å²) >= 11 is 0. The Kier molecular flexibility index (Phi) is 6.87. The van der Waals surface area contributed by atoms with Gasteiger partial charge in [-0.3, -0.25) is 4.79 Å². The number of fused-ring (bicyclic) bond motifs is 1. The van der Waals surface area contributed by atoms with Gasteiger partial charge >= 0.3 is 12.2 Å². The molecule has 0 radical (unpaired) electrons. The van der Waals surface area contributed by atoms with Crippen LogP contribution in [0.1, 0.15) is 36.0 Å². The van der Waals surface area contributed by atoms with Gasteiger partial charge in [-0.15, -0.1) is 5.10 Å². The van der Waals surface area contributed by atoms with Gasteiger partial charge in [0.15, 0.2) is 5.69 Å². The van der Waals surface area contributed by atoms with Gasteiger partial charge in [0.05, 0.1) is 34.8 Å². The third-order valence-corrected chi connectivity index (χ3v) is 6.92. The Labute approximate surface area is 231 Å². The molecule has 0 unspecified atom stereocenters. The van der Waals surface area contributed by atoms with Crippen molar-refractivity contribution in [1.29, 1.82) is 0 Å². The summed E-state index contributed by atoms with van der Waals surface area (Å²) in [4.78, 5) is 21.7. The van der Waals surface area contributed by atoms with Gasteiger partial charge in [0, 0.05) is 17.3 Å². The van der Waals surface area contributed by atoms with Crippen LogP contribution in [0.3, 0.4) is 0 Å². The lowest BCUT2D eigenvalue weighted by Crippen LogP contribution is -2.32. The number of para-hydroxylation sites is 1. The van der Waals surface area contributed by atoms with E-state index in [9.17, 15) is 23.1 Å². The lowest BCUT2D eigenvalue weighted by molar-refractivity contribution is -0.137. The third kappa shape index (κ3) is 5.48. The average molecular weight is 564 g/mol. The molecular formula is C28H24F3N7O3. The maximum atomic E-state index is 13.5. The molecule has 0 bridgehead atoms. The molecule has 1 saturated carbocycles. The normalized spacial score (nSPS) is 20.5. The van der Waals surface area contributed by atoms with Gasteiger partial charge in [-0.1, -0.05) is 53.6 Å². The van der Waals surface area contributed by atoms with Crippen molar-refractivity contribution >= 4 is 29.0 Å². The number of pyridine rings is 1. The minimum absolute atomic E-state index is 0.00646. The molecule has 0 saturated heterocycles. The molecule has 1 amide bonds. The van der Waals surface area contributed by atoms with E-state index in [0.717, 1.165) is 23.6 Å². The Morgan fingerprint density at radius 2 is 1.78 bits per heavy atom. The number of carbonyl (C=O) groups excluding carboxylic acids is 1. The number of aromatic nitrogens is 3. The van der Waals surface area contributed by atoms with Gasteiger partial charge in [-0.05, 0) is 31.4 Å². The van der Waals surface area contributed by atoms with Crippen LogP contribution in [0.4, 0.5) is 30.6 Å². The largest absolute Gasteiger partial charge is 0.417 e. The van der Waals surface area contributed by atoms with E-state index in [1.54, 1.807) is 12.1 Å². The number of hydrogen-bond donors (Lipinski definition) is 4. The monoisotopic (exact) mass is 563 g/mol.